The fraction of sp³-hybridized carbons (Fsp3) is 0.304. The van der Waals surface area contributed by atoms with Crippen molar-refractivity contribution in [3.05, 3.63) is 71.3 Å². The lowest BCUT2D eigenvalue weighted by atomic mass is 9.98. The average molecular weight is 490 g/mol. The minimum Gasteiger partial charge on any atom is -0.490 e. The molecular weight excluding hydrogens is 469 g/mol. The van der Waals surface area contributed by atoms with E-state index < -0.39 is 21.1 Å². The summed E-state index contributed by atoms with van der Waals surface area (Å²) in [4.78, 5) is 10.7. The van der Waals surface area contributed by atoms with Gasteiger partial charge in [0.05, 0.1) is 24.0 Å². The van der Waals surface area contributed by atoms with Gasteiger partial charge in [0.2, 0.25) is 21.2 Å². The number of anilines is 1. The molecule has 1 fully saturated rings. The van der Waals surface area contributed by atoms with E-state index in [9.17, 15) is 12.8 Å². The summed E-state index contributed by atoms with van der Waals surface area (Å²) < 4.78 is 51.6. The van der Waals surface area contributed by atoms with Crippen molar-refractivity contribution in [2.24, 2.45) is 5.92 Å². The van der Waals surface area contributed by atoms with Crippen LogP contribution < -0.4 is 14.4 Å². The van der Waals surface area contributed by atoms with Crippen molar-refractivity contribution in [3.8, 4) is 11.5 Å². The van der Waals surface area contributed by atoms with Gasteiger partial charge in [-0.05, 0) is 43.0 Å². The summed E-state index contributed by atoms with van der Waals surface area (Å²) in [5, 5.41) is 0.497. The molecule has 0 bridgehead atoms. The summed E-state index contributed by atoms with van der Waals surface area (Å²) in [6.07, 6.45) is 4.87. The maximum absolute atomic E-state index is 14.7. The van der Waals surface area contributed by atoms with Gasteiger partial charge in [0.25, 0.3) is 0 Å². The van der Waals surface area contributed by atoms with Gasteiger partial charge >= 0.3 is 0 Å². The smallest absolute Gasteiger partial charge is 0.228 e. The lowest BCUT2D eigenvalue weighted by Gasteiger charge is -2.31. The van der Waals surface area contributed by atoms with Gasteiger partial charge in [0, 0.05) is 18.7 Å². The number of piperidine rings is 1. The summed E-state index contributed by atoms with van der Waals surface area (Å²) in [7, 11) is -3.74. The number of ether oxygens (including phenoxy) is 2. The second kappa shape index (κ2) is 8.79. The van der Waals surface area contributed by atoms with Crippen LogP contribution in [0.15, 0.2) is 59.8 Å². The third-order valence-electron chi connectivity index (χ3n) is 5.88. The number of rotatable bonds is 5. The molecule has 33 heavy (non-hydrogen) atoms. The summed E-state index contributed by atoms with van der Waals surface area (Å²) in [6, 6.07) is 10.6. The van der Waals surface area contributed by atoms with Crippen molar-refractivity contribution in [1.82, 2.24) is 9.97 Å². The highest BCUT2D eigenvalue weighted by Crippen LogP contribution is 2.43. The van der Waals surface area contributed by atoms with Gasteiger partial charge in [0.15, 0.2) is 11.6 Å². The van der Waals surface area contributed by atoms with Crippen LogP contribution in [0.4, 0.5) is 10.3 Å². The number of benzene rings is 2. The molecule has 3 heterocycles. The van der Waals surface area contributed by atoms with Gasteiger partial charge < -0.3 is 14.4 Å². The third kappa shape index (κ3) is 4.35. The summed E-state index contributed by atoms with van der Waals surface area (Å²) >= 11 is 5.84. The molecule has 0 radical (unpaired) electrons. The van der Waals surface area contributed by atoms with Gasteiger partial charge in [-0.1, -0.05) is 29.8 Å². The van der Waals surface area contributed by atoms with E-state index in [4.69, 9.17) is 21.1 Å². The Kier molecular flexibility index (Phi) is 5.84. The highest BCUT2D eigenvalue weighted by molar-refractivity contribution is 7.91. The topological polar surface area (TPSA) is 81.6 Å². The van der Waals surface area contributed by atoms with E-state index in [0.717, 1.165) is 25.9 Å². The van der Waals surface area contributed by atoms with E-state index in [1.165, 1.54) is 24.3 Å². The molecule has 172 valence electrons. The first-order valence-electron chi connectivity index (χ1n) is 10.6. The number of fused-ring (bicyclic) bond motifs is 1. The second-order valence-corrected chi connectivity index (χ2v) is 10.5. The van der Waals surface area contributed by atoms with Gasteiger partial charge in [-0.3, -0.25) is 0 Å². The number of hydrogen-bond donors (Lipinski definition) is 0. The molecular formula is C23H21ClFN3O4S. The number of para-hydroxylation sites is 1. The monoisotopic (exact) mass is 489 g/mol. The highest BCUT2D eigenvalue weighted by Gasteiger charge is 2.40. The lowest BCUT2D eigenvalue weighted by molar-refractivity contribution is 0.214. The number of aromatic nitrogens is 2. The molecule has 3 aromatic rings. The van der Waals surface area contributed by atoms with Crippen molar-refractivity contribution in [2.75, 3.05) is 24.6 Å². The predicted molar refractivity (Wildman–Crippen MR) is 121 cm³/mol. The molecule has 1 saturated heterocycles. The Morgan fingerprint density at radius 1 is 1.12 bits per heavy atom. The molecule has 0 aliphatic carbocycles. The molecule has 0 spiro atoms. The van der Waals surface area contributed by atoms with Gasteiger partial charge in [-0.2, -0.15) is 0 Å². The molecule has 0 N–H and O–H groups in total. The van der Waals surface area contributed by atoms with E-state index in [2.05, 4.69) is 14.9 Å². The molecule has 1 aromatic heterocycles. The van der Waals surface area contributed by atoms with Crippen molar-refractivity contribution >= 4 is 27.4 Å². The van der Waals surface area contributed by atoms with E-state index in [-0.39, 0.29) is 27.9 Å². The third-order valence-corrected chi connectivity index (χ3v) is 7.96. The summed E-state index contributed by atoms with van der Waals surface area (Å²) in [5.74, 6) is 0.662. The first kappa shape index (κ1) is 21.9. The molecule has 0 saturated carbocycles. The number of nitrogens with zero attached hydrogens (tertiary/aromatic N) is 3. The number of hydrogen-bond acceptors (Lipinski definition) is 7. The zero-order valence-electron chi connectivity index (χ0n) is 17.5. The molecule has 1 unspecified atom stereocenters. The van der Waals surface area contributed by atoms with Gasteiger partial charge in [-0.25, -0.2) is 22.8 Å². The van der Waals surface area contributed by atoms with Crippen molar-refractivity contribution in [1.29, 1.82) is 0 Å². The van der Waals surface area contributed by atoms with Crippen molar-refractivity contribution in [3.63, 3.8) is 0 Å². The van der Waals surface area contributed by atoms with Crippen LogP contribution in [0.1, 0.15) is 23.8 Å². The maximum atomic E-state index is 14.7. The molecule has 7 nitrogen and oxygen atoms in total. The molecule has 10 heteroatoms. The van der Waals surface area contributed by atoms with Crippen LogP contribution in [0.3, 0.4) is 0 Å². The first-order chi connectivity index (χ1) is 15.9. The standard InChI is InChI=1S/C23H21ClFN3O4S/c24-17-12-26-23(27-13-17)28-9-7-15(8-10-28)14-31-19-6-5-16(11-18(19)25)22-32-20-3-1-2-4-21(20)33(22,29)30/h1-6,11-13,15,22H,7-10,14H2. The van der Waals surface area contributed by atoms with E-state index in [0.29, 0.717) is 17.6 Å². The zero-order valence-corrected chi connectivity index (χ0v) is 19.1. The van der Waals surface area contributed by atoms with Crippen molar-refractivity contribution < 1.29 is 22.3 Å². The van der Waals surface area contributed by atoms with E-state index in [1.807, 2.05) is 0 Å². The summed E-state index contributed by atoms with van der Waals surface area (Å²) in [6.45, 7) is 1.91. The Morgan fingerprint density at radius 2 is 1.85 bits per heavy atom. The SMILES string of the molecule is O=S1(=O)c2ccccc2OC1c1ccc(OCC2CCN(c3ncc(Cl)cn3)CC2)c(F)c1. The molecule has 2 aromatic carbocycles. The number of halogens is 2. The predicted octanol–water partition coefficient (Wildman–Crippen LogP) is 4.43. The van der Waals surface area contributed by atoms with Crippen molar-refractivity contribution in [2.45, 2.75) is 23.2 Å². The van der Waals surface area contributed by atoms with Gasteiger partial charge in [0.1, 0.15) is 10.6 Å². The van der Waals surface area contributed by atoms with Crippen LogP contribution >= 0.6 is 11.6 Å². The van der Waals surface area contributed by atoms with Crippen LogP contribution in [-0.2, 0) is 9.84 Å². The van der Waals surface area contributed by atoms with Crippen LogP contribution in [0, 0.1) is 11.7 Å². The maximum Gasteiger partial charge on any atom is 0.228 e. The minimum atomic E-state index is -3.74. The Morgan fingerprint density at radius 3 is 2.55 bits per heavy atom. The lowest BCUT2D eigenvalue weighted by Crippen LogP contribution is -2.36. The molecule has 2 aliphatic rings. The minimum absolute atomic E-state index is 0.0927. The molecule has 1 atom stereocenters. The molecule has 5 rings (SSSR count). The number of sulfone groups is 1. The van der Waals surface area contributed by atoms with E-state index in [1.54, 1.807) is 30.6 Å². The van der Waals surface area contributed by atoms with Crippen LogP contribution in [-0.4, -0.2) is 38.1 Å². The van der Waals surface area contributed by atoms with Crippen LogP contribution in [0.2, 0.25) is 5.02 Å². The molecule has 0 amide bonds. The largest absolute Gasteiger partial charge is 0.490 e. The zero-order chi connectivity index (χ0) is 23.0. The van der Waals surface area contributed by atoms with Crippen LogP contribution in [0.5, 0.6) is 11.5 Å². The quantitative estimate of drug-likeness (QED) is 0.524. The fourth-order valence-corrected chi connectivity index (χ4v) is 5.81. The fourth-order valence-electron chi connectivity index (χ4n) is 4.08. The average Bonchev–Trinajstić information content (AvgIpc) is 3.10. The molecule has 2 aliphatic heterocycles. The Labute approximate surface area is 196 Å². The first-order valence-corrected chi connectivity index (χ1v) is 12.5. The summed E-state index contributed by atoms with van der Waals surface area (Å²) in [5.41, 5.74) is -1.04. The van der Waals surface area contributed by atoms with Gasteiger partial charge in [-0.15, -0.1) is 0 Å². The van der Waals surface area contributed by atoms with E-state index >= 15 is 0 Å². The Bertz CT molecular complexity index is 1260. The van der Waals surface area contributed by atoms with Crippen LogP contribution in [0.25, 0.3) is 0 Å². The Hall–Kier alpha value is -2.91. The highest BCUT2D eigenvalue weighted by atomic mass is 35.5. The normalized spacial score (nSPS) is 19.7. The second-order valence-electron chi connectivity index (χ2n) is 8.07. The Balaban J connectivity index is 1.20.